The van der Waals surface area contributed by atoms with Gasteiger partial charge < -0.3 is 22.5 Å². The monoisotopic (exact) mass is 304 g/mol. The Hall–Kier alpha value is -0.250. The zero-order chi connectivity index (χ0) is 10.7. The Morgan fingerprint density at radius 2 is 2.19 bits per heavy atom. The van der Waals surface area contributed by atoms with Crippen molar-refractivity contribution in [3.63, 3.8) is 0 Å². The molecule has 4 heteroatoms. The van der Waals surface area contributed by atoms with E-state index in [1.54, 1.807) is 0 Å². The van der Waals surface area contributed by atoms with Gasteiger partial charge in [-0.3, -0.25) is 0 Å². The SMILES string of the molecule is CCOc1ccc(CNC2CC2)cc1Br.[Cl-]. The first-order valence-electron chi connectivity index (χ1n) is 5.44. The van der Waals surface area contributed by atoms with Crippen molar-refractivity contribution in [2.75, 3.05) is 6.61 Å². The lowest BCUT2D eigenvalue weighted by molar-refractivity contribution is -0.00000360. The van der Waals surface area contributed by atoms with Gasteiger partial charge in [-0.15, -0.1) is 0 Å². The topological polar surface area (TPSA) is 21.3 Å². The maximum absolute atomic E-state index is 5.46. The molecule has 2 nitrogen and oxygen atoms in total. The molecule has 2 rings (SSSR count). The number of benzene rings is 1. The van der Waals surface area contributed by atoms with Crippen LogP contribution in [0.5, 0.6) is 5.75 Å². The normalized spacial score (nSPS) is 14.4. The van der Waals surface area contributed by atoms with Crippen molar-refractivity contribution < 1.29 is 17.1 Å². The Balaban J connectivity index is 0.00000128. The van der Waals surface area contributed by atoms with E-state index in [4.69, 9.17) is 4.74 Å². The van der Waals surface area contributed by atoms with Gasteiger partial charge in [0.1, 0.15) is 5.75 Å². The van der Waals surface area contributed by atoms with Gasteiger partial charge in [0.15, 0.2) is 0 Å². The van der Waals surface area contributed by atoms with Crippen molar-refractivity contribution in [3.8, 4) is 5.75 Å². The van der Waals surface area contributed by atoms with Crippen LogP contribution in [0.25, 0.3) is 0 Å². The van der Waals surface area contributed by atoms with Gasteiger partial charge >= 0.3 is 0 Å². The van der Waals surface area contributed by atoms with E-state index in [-0.39, 0.29) is 12.4 Å². The molecule has 0 radical (unpaired) electrons. The maximum atomic E-state index is 5.46. The van der Waals surface area contributed by atoms with Crippen LogP contribution in [0.4, 0.5) is 0 Å². The highest BCUT2D eigenvalue weighted by atomic mass is 79.9. The Morgan fingerprint density at radius 3 is 2.75 bits per heavy atom. The Bertz CT molecular complexity index is 342. The van der Waals surface area contributed by atoms with Crippen molar-refractivity contribution in [1.82, 2.24) is 5.32 Å². The molecule has 0 bridgehead atoms. The summed E-state index contributed by atoms with van der Waals surface area (Å²) in [5, 5.41) is 3.49. The van der Waals surface area contributed by atoms with E-state index >= 15 is 0 Å². The first-order valence-corrected chi connectivity index (χ1v) is 6.23. The van der Waals surface area contributed by atoms with E-state index in [1.165, 1.54) is 18.4 Å². The van der Waals surface area contributed by atoms with E-state index in [0.29, 0.717) is 6.61 Å². The number of nitrogens with one attached hydrogen (secondary N) is 1. The van der Waals surface area contributed by atoms with Crippen LogP contribution in [-0.2, 0) is 6.54 Å². The van der Waals surface area contributed by atoms with Crippen molar-refractivity contribution in [2.45, 2.75) is 32.4 Å². The van der Waals surface area contributed by atoms with Crippen molar-refractivity contribution in [2.24, 2.45) is 0 Å². The maximum Gasteiger partial charge on any atom is 0.133 e. The first kappa shape index (κ1) is 13.8. The molecule has 1 saturated carbocycles. The molecule has 1 fully saturated rings. The molecule has 0 unspecified atom stereocenters. The minimum atomic E-state index is 0. The van der Waals surface area contributed by atoms with Crippen LogP contribution in [0, 0.1) is 0 Å². The number of ether oxygens (including phenoxy) is 1. The number of hydrogen-bond acceptors (Lipinski definition) is 2. The minimum Gasteiger partial charge on any atom is -1.00 e. The van der Waals surface area contributed by atoms with Gasteiger partial charge in [0.2, 0.25) is 0 Å². The molecule has 0 heterocycles. The third kappa shape index (κ3) is 3.96. The summed E-state index contributed by atoms with van der Waals surface area (Å²) in [6, 6.07) is 7.03. The van der Waals surface area contributed by atoms with E-state index in [1.807, 2.05) is 13.0 Å². The standard InChI is InChI=1S/C12H16BrNO.ClH/c1-2-15-12-6-3-9(7-11(12)13)8-14-10-4-5-10;/h3,6-7,10,14H,2,4-5,8H2,1H3;1H/p-1. The second-order valence-electron chi connectivity index (χ2n) is 3.85. The molecule has 0 spiro atoms. The molecule has 90 valence electrons. The molecule has 1 N–H and O–H groups in total. The molecule has 1 aromatic carbocycles. The fourth-order valence-electron chi connectivity index (χ4n) is 1.48. The molecular weight excluding hydrogens is 289 g/mol. The molecule has 0 amide bonds. The van der Waals surface area contributed by atoms with Gasteiger partial charge in [0.25, 0.3) is 0 Å². The van der Waals surface area contributed by atoms with E-state index in [2.05, 4.69) is 33.4 Å². The van der Waals surface area contributed by atoms with Crippen molar-refractivity contribution >= 4 is 15.9 Å². The van der Waals surface area contributed by atoms with Gasteiger partial charge in [-0.05, 0) is 53.4 Å². The number of hydrogen-bond donors (Lipinski definition) is 1. The third-order valence-corrected chi connectivity index (χ3v) is 3.09. The molecule has 1 aliphatic carbocycles. The zero-order valence-electron chi connectivity index (χ0n) is 9.30. The van der Waals surface area contributed by atoms with Crippen LogP contribution in [0.2, 0.25) is 0 Å². The summed E-state index contributed by atoms with van der Waals surface area (Å²) in [4.78, 5) is 0. The van der Waals surface area contributed by atoms with Crippen LogP contribution >= 0.6 is 15.9 Å². The molecule has 1 aliphatic rings. The highest BCUT2D eigenvalue weighted by Crippen LogP contribution is 2.26. The number of halogens is 2. The molecule has 0 saturated heterocycles. The van der Waals surface area contributed by atoms with Crippen LogP contribution < -0.4 is 22.5 Å². The highest BCUT2D eigenvalue weighted by Gasteiger charge is 2.19. The zero-order valence-corrected chi connectivity index (χ0v) is 11.6. The van der Waals surface area contributed by atoms with Crippen LogP contribution in [-0.4, -0.2) is 12.6 Å². The summed E-state index contributed by atoms with van der Waals surface area (Å²) in [5.41, 5.74) is 1.30. The average molecular weight is 306 g/mol. The Labute approximate surface area is 111 Å². The molecule has 0 aromatic heterocycles. The lowest BCUT2D eigenvalue weighted by atomic mass is 10.2. The Morgan fingerprint density at radius 1 is 1.44 bits per heavy atom. The van der Waals surface area contributed by atoms with Gasteiger partial charge in [-0.1, -0.05) is 6.07 Å². The average Bonchev–Trinajstić information content (AvgIpc) is 3.03. The second kappa shape index (κ2) is 6.48. The molecular formula is C12H16BrClNO-. The lowest BCUT2D eigenvalue weighted by Gasteiger charge is -2.08. The summed E-state index contributed by atoms with van der Waals surface area (Å²) in [7, 11) is 0. The predicted molar refractivity (Wildman–Crippen MR) is 65.2 cm³/mol. The van der Waals surface area contributed by atoms with Gasteiger partial charge in [0, 0.05) is 12.6 Å². The Kier molecular flexibility index (Phi) is 5.59. The molecule has 0 atom stereocenters. The van der Waals surface area contributed by atoms with Crippen molar-refractivity contribution in [3.05, 3.63) is 28.2 Å². The fourth-order valence-corrected chi connectivity index (χ4v) is 2.02. The molecule has 1 aromatic rings. The quantitative estimate of drug-likeness (QED) is 0.833. The van der Waals surface area contributed by atoms with Gasteiger partial charge in [-0.2, -0.15) is 0 Å². The van der Waals surface area contributed by atoms with E-state index < -0.39 is 0 Å². The second-order valence-corrected chi connectivity index (χ2v) is 4.71. The molecule has 16 heavy (non-hydrogen) atoms. The summed E-state index contributed by atoms with van der Waals surface area (Å²) >= 11 is 3.52. The predicted octanol–water partition coefficient (Wildman–Crippen LogP) is 0.104. The third-order valence-electron chi connectivity index (χ3n) is 2.47. The summed E-state index contributed by atoms with van der Waals surface area (Å²) < 4.78 is 6.50. The summed E-state index contributed by atoms with van der Waals surface area (Å²) in [6.45, 7) is 3.66. The van der Waals surface area contributed by atoms with E-state index in [9.17, 15) is 0 Å². The first-order chi connectivity index (χ1) is 7.29. The highest BCUT2D eigenvalue weighted by molar-refractivity contribution is 9.10. The fraction of sp³-hybridized carbons (Fsp3) is 0.500. The van der Waals surface area contributed by atoms with Crippen LogP contribution in [0.15, 0.2) is 22.7 Å². The van der Waals surface area contributed by atoms with Crippen molar-refractivity contribution in [1.29, 1.82) is 0 Å². The van der Waals surface area contributed by atoms with Crippen LogP contribution in [0.1, 0.15) is 25.3 Å². The van der Waals surface area contributed by atoms with Gasteiger partial charge in [-0.25, -0.2) is 0 Å². The summed E-state index contributed by atoms with van der Waals surface area (Å²) in [6.07, 6.45) is 2.66. The van der Waals surface area contributed by atoms with Gasteiger partial charge in [0.05, 0.1) is 11.1 Å². The lowest BCUT2D eigenvalue weighted by Crippen LogP contribution is -3.00. The smallest absolute Gasteiger partial charge is 0.133 e. The number of rotatable bonds is 5. The molecule has 0 aliphatic heterocycles. The minimum absolute atomic E-state index is 0. The van der Waals surface area contributed by atoms with E-state index in [0.717, 1.165) is 22.8 Å². The largest absolute Gasteiger partial charge is 1.00 e. The summed E-state index contributed by atoms with van der Waals surface area (Å²) in [5.74, 6) is 0.924. The van der Waals surface area contributed by atoms with Crippen LogP contribution in [0.3, 0.4) is 0 Å².